The molecule has 0 unspecified atom stereocenters. The molecule has 0 bridgehead atoms. The summed E-state index contributed by atoms with van der Waals surface area (Å²) in [5.41, 5.74) is 1.35. The van der Waals surface area contributed by atoms with E-state index in [1.165, 1.54) is 0 Å². The Morgan fingerprint density at radius 1 is 1.24 bits per heavy atom. The van der Waals surface area contributed by atoms with Crippen LogP contribution >= 0.6 is 11.8 Å². The molecule has 0 spiro atoms. The molecule has 0 atom stereocenters. The van der Waals surface area contributed by atoms with Crippen LogP contribution in [-0.4, -0.2) is 51.1 Å². The van der Waals surface area contributed by atoms with Crippen LogP contribution in [0.1, 0.15) is 31.1 Å². The monoisotopic (exact) mass is 414 g/mol. The standard InChI is InChI=1S/C20H26N6O2S/c1-5-29-20-24-17(23-13(2)3)16-12-22-26(18(16)25-20)11-10-21-19(27)14-6-8-15(28-4)9-7-14/h6-9,12-13H,5,10-11H2,1-4H3,(H,21,27)(H,23,24,25). The Bertz CT molecular complexity index is 971. The van der Waals surface area contributed by atoms with Crippen LogP contribution in [0.4, 0.5) is 5.82 Å². The molecule has 9 heteroatoms. The van der Waals surface area contributed by atoms with Gasteiger partial charge in [0.05, 0.1) is 25.2 Å². The van der Waals surface area contributed by atoms with Crippen molar-refractivity contribution in [3.8, 4) is 5.75 Å². The molecule has 0 aliphatic rings. The van der Waals surface area contributed by atoms with E-state index in [-0.39, 0.29) is 11.9 Å². The predicted molar refractivity (Wildman–Crippen MR) is 116 cm³/mol. The summed E-state index contributed by atoms with van der Waals surface area (Å²) in [6.07, 6.45) is 1.77. The molecule has 2 aromatic heterocycles. The first kappa shape index (κ1) is 20.9. The number of rotatable bonds is 9. The van der Waals surface area contributed by atoms with Gasteiger partial charge in [-0.2, -0.15) is 5.10 Å². The van der Waals surface area contributed by atoms with Gasteiger partial charge in [-0.05, 0) is 43.9 Å². The fourth-order valence-electron chi connectivity index (χ4n) is 2.80. The Hall–Kier alpha value is -2.81. The minimum Gasteiger partial charge on any atom is -0.497 e. The average Bonchev–Trinajstić information content (AvgIpc) is 3.11. The van der Waals surface area contributed by atoms with Crippen molar-refractivity contribution in [2.24, 2.45) is 0 Å². The highest BCUT2D eigenvalue weighted by Gasteiger charge is 2.14. The molecule has 0 saturated carbocycles. The Morgan fingerprint density at radius 3 is 2.66 bits per heavy atom. The van der Waals surface area contributed by atoms with Gasteiger partial charge in [0.1, 0.15) is 11.6 Å². The molecule has 0 aliphatic heterocycles. The van der Waals surface area contributed by atoms with Gasteiger partial charge in [-0.1, -0.05) is 18.7 Å². The number of carbonyl (C=O) groups is 1. The predicted octanol–water partition coefficient (Wildman–Crippen LogP) is 3.20. The first-order valence-electron chi connectivity index (χ1n) is 9.57. The van der Waals surface area contributed by atoms with Crippen molar-refractivity contribution < 1.29 is 9.53 Å². The third-order valence-corrected chi connectivity index (χ3v) is 4.87. The van der Waals surface area contributed by atoms with E-state index in [1.54, 1.807) is 54.0 Å². The molecule has 3 aromatic rings. The summed E-state index contributed by atoms with van der Waals surface area (Å²) < 4.78 is 6.92. The first-order chi connectivity index (χ1) is 14.0. The zero-order valence-corrected chi connectivity index (χ0v) is 17.9. The molecule has 0 fully saturated rings. The number of nitrogens with zero attached hydrogens (tertiary/aromatic N) is 4. The number of carbonyl (C=O) groups excluding carboxylic acids is 1. The largest absolute Gasteiger partial charge is 0.497 e. The summed E-state index contributed by atoms with van der Waals surface area (Å²) in [4.78, 5) is 21.6. The lowest BCUT2D eigenvalue weighted by Crippen LogP contribution is -2.27. The molecule has 154 valence electrons. The SMILES string of the molecule is CCSc1nc(NC(C)C)c2cnn(CCNC(=O)c3ccc(OC)cc3)c2n1. The van der Waals surface area contributed by atoms with Gasteiger partial charge in [0.15, 0.2) is 10.8 Å². The van der Waals surface area contributed by atoms with Crippen LogP contribution < -0.4 is 15.4 Å². The zero-order valence-electron chi connectivity index (χ0n) is 17.1. The maximum Gasteiger partial charge on any atom is 0.251 e. The molecule has 0 radical (unpaired) electrons. The second kappa shape index (κ2) is 9.60. The van der Waals surface area contributed by atoms with E-state index in [2.05, 4.69) is 46.5 Å². The Balaban J connectivity index is 1.72. The number of hydrogen-bond donors (Lipinski definition) is 2. The number of benzene rings is 1. The van der Waals surface area contributed by atoms with Crippen molar-refractivity contribution in [1.82, 2.24) is 25.1 Å². The van der Waals surface area contributed by atoms with E-state index in [1.807, 2.05) is 0 Å². The lowest BCUT2D eigenvalue weighted by atomic mass is 10.2. The number of thioether (sulfide) groups is 1. The van der Waals surface area contributed by atoms with E-state index >= 15 is 0 Å². The number of amides is 1. The lowest BCUT2D eigenvalue weighted by Gasteiger charge is -2.12. The van der Waals surface area contributed by atoms with Crippen LogP contribution in [-0.2, 0) is 6.54 Å². The third-order valence-electron chi connectivity index (χ3n) is 4.14. The van der Waals surface area contributed by atoms with Crippen molar-refractivity contribution in [1.29, 1.82) is 0 Å². The third kappa shape index (κ3) is 5.17. The van der Waals surface area contributed by atoms with E-state index in [0.29, 0.717) is 23.8 Å². The zero-order chi connectivity index (χ0) is 20.8. The highest BCUT2D eigenvalue weighted by molar-refractivity contribution is 7.99. The van der Waals surface area contributed by atoms with E-state index in [4.69, 9.17) is 4.74 Å². The molecule has 29 heavy (non-hydrogen) atoms. The van der Waals surface area contributed by atoms with E-state index < -0.39 is 0 Å². The highest BCUT2D eigenvalue weighted by Crippen LogP contribution is 2.24. The van der Waals surface area contributed by atoms with Crippen LogP contribution in [0.25, 0.3) is 11.0 Å². The summed E-state index contributed by atoms with van der Waals surface area (Å²) >= 11 is 1.59. The van der Waals surface area contributed by atoms with Gasteiger partial charge in [-0.3, -0.25) is 4.79 Å². The fraction of sp³-hybridized carbons (Fsp3) is 0.400. The molecule has 0 saturated heterocycles. The van der Waals surface area contributed by atoms with Crippen LogP contribution in [0, 0.1) is 0 Å². The summed E-state index contributed by atoms with van der Waals surface area (Å²) in [5, 5.41) is 12.3. The van der Waals surface area contributed by atoms with Crippen LogP contribution in [0.5, 0.6) is 5.75 Å². The topological polar surface area (TPSA) is 94.0 Å². The Kier molecular flexibility index (Phi) is 6.92. The second-order valence-corrected chi connectivity index (χ2v) is 7.91. The van der Waals surface area contributed by atoms with Gasteiger partial charge >= 0.3 is 0 Å². The first-order valence-corrected chi connectivity index (χ1v) is 10.6. The van der Waals surface area contributed by atoms with Crippen molar-refractivity contribution in [2.45, 2.75) is 38.5 Å². The van der Waals surface area contributed by atoms with Gasteiger partial charge in [-0.15, -0.1) is 0 Å². The average molecular weight is 415 g/mol. The number of hydrogen-bond acceptors (Lipinski definition) is 7. The minimum absolute atomic E-state index is 0.136. The normalized spacial score (nSPS) is 11.1. The van der Waals surface area contributed by atoms with Gasteiger partial charge in [0.2, 0.25) is 0 Å². The molecule has 1 aromatic carbocycles. The molecular weight excluding hydrogens is 388 g/mol. The smallest absolute Gasteiger partial charge is 0.251 e. The molecule has 0 aliphatic carbocycles. The molecular formula is C20H26N6O2S. The Morgan fingerprint density at radius 2 is 2.00 bits per heavy atom. The summed E-state index contributed by atoms with van der Waals surface area (Å²) in [6.45, 7) is 7.16. The van der Waals surface area contributed by atoms with Crippen molar-refractivity contribution in [3.05, 3.63) is 36.0 Å². The molecule has 2 heterocycles. The summed E-state index contributed by atoms with van der Waals surface area (Å²) in [7, 11) is 1.60. The highest BCUT2D eigenvalue weighted by atomic mass is 32.2. The Labute approximate surface area is 174 Å². The second-order valence-electron chi connectivity index (χ2n) is 6.68. The fourth-order valence-corrected chi connectivity index (χ4v) is 3.36. The molecule has 1 amide bonds. The lowest BCUT2D eigenvalue weighted by molar-refractivity contribution is 0.0952. The molecule has 8 nitrogen and oxygen atoms in total. The quantitative estimate of drug-likeness (QED) is 0.410. The molecule has 2 N–H and O–H groups in total. The maximum absolute atomic E-state index is 12.3. The number of nitrogens with one attached hydrogen (secondary N) is 2. The van der Waals surface area contributed by atoms with Gasteiger partial charge in [0.25, 0.3) is 5.91 Å². The van der Waals surface area contributed by atoms with Crippen molar-refractivity contribution in [3.63, 3.8) is 0 Å². The van der Waals surface area contributed by atoms with Gasteiger partial charge in [0, 0.05) is 18.2 Å². The van der Waals surface area contributed by atoms with Crippen LogP contribution in [0.3, 0.4) is 0 Å². The van der Waals surface area contributed by atoms with Crippen LogP contribution in [0.2, 0.25) is 0 Å². The number of methoxy groups -OCH3 is 1. The van der Waals surface area contributed by atoms with Crippen LogP contribution in [0.15, 0.2) is 35.6 Å². The number of anilines is 1. The van der Waals surface area contributed by atoms with Crippen molar-refractivity contribution >= 4 is 34.5 Å². The van der Waals surface area contributed by atoms with E-state index in [9.17, 15) is 4.79 Å². The molecule has 3 rings (SSSR count). The number of aromatic nitrogens is 4. The number of ether oxygens (including phenoxy) is 1. The maximum atomic E-state index is 12.3. The van der Waals surface area contributed by atoms with Gasteiger partial charge < -0.3 is 15.4 Å². The van der Waals surface area contributed by atoms with Crippen molar-refractivity contribution in [2.75, 3.05) is 24.7 Å². The van der Waals surface area contributed by atoms with E-state index in [0.717, 1.165) is 28.4 Å². The minimum atomic E-state index is -0.136. The number of fused-ring (bicyclic) bond motifs is 1. The summed E-state index contributed by atoms with van der Waals surface area (Å²) in [6, 6.07) is 7.26. The summed E-state index contributed by atoms with van der Waals surface area (Å²) in [5.74, 6) is 2.26. The van der Waals surface area contributed by atoms with Gasteiger partial charge in [-0.25, -0.2) is 14.6 Å².